The summed E-state index contributed by atoms with van der Waals surface area (Å²) in [7, 11) is 1.67. The summed E-state index contributed by atoms with van der Waals surface area (Å²) in [6.45, 7) is 4.76. The molecule has 116 valence electrons. The van der Waals surface area contributed by atoms with Crippen LogP contribution in [-0.2, 0) is 14.2 Å². The van der Waals surface area contributed by atoms with E-state index in [0.29, 0.717) is 20.0 Å². The van der Waals surface area contributed by atoms with Crippen LogP contribution in [0.4, 0.5) is 0 Å². The van der Waals surface area contributed by atoms with E-state index in [4.69, 9.17) is 14.2 Å². The molecule has 0 spiro atoms. The summed E-state index contributed by atoms with van der Waals surface area (Å²) < 4.78 is 15.5. The standard InChI is InChI=1S/C16H34O3/c1-3-4-5-6-7-8-9-10-11-12-13-18-16-19-15-14-17-2/h3-16H2,1-2H3. The molecule has 0 radical (unpaired) electrons. The van der Waals surface area contributed by atoms with E-state index in [2.05, 4.69) is 6.92 Å². The molecule has 0 amide bonds. The van der Waals surface area contributed by atoms with Gasteiger partial charge in [-0.25, -0.2) is 0 Å². The minimum Gasteiger partial charge on any atom is -0.382 e. The number of unbranched alkanes of at least 4 members (excludes halogenated alkanes) is 9. The van der Waals surface area contributed by atoms with Gasteiger partial charge < -0.3 is 14.2 Å². The quantitative estimate of drug-likeness (QED) is 0.305. The van der Waals surface area contributed by atoms with Crippen LogP contribution in [0.25, 0.3) is 0 Å². The van der Waals surface area contributed by atoms with E-state index in [0.717, 1.165) is 13.0 Å². The van der Waals surface area contributed by atoms with Crippen molar-refractivity contribution in [1.82, 2.24) is 0 Å². The zero-order valence-electron chi connectivity index (χ0n) is 13.1. The van der Waals surface area contributed by atoms with Crippen LogP contribution < -0.4 is 0 Å². The number of methoxy groups -OCH3 is 1. The number of hydrogen-bond acceptors (Lipinski definition) is 3. The maximum absolute atomic E-state index is 5.37. The minimum atomic E-state index is 0.404. The predicted octanol–water partition coefficient (Wildman–Crippen LogP) is 4.54. The summed E-state index contributed by atoms with van der Waals surface area (Å²) in [4.78, 5) is 0. The third-order valence-corrected chi connectivity index (χ3v) is 3.24. The van der Waals surface area contributed by atoms with Gasteiger partial charge in [-0.1, -0.05) is 64.7 Å². The van der Waals surface area contributed by atoms with Crippen LogP contribution in [0, 0.1) is 0 Å². The molecular weight excluding hydrogens is 240 g/mol. The second-order valence-corrected chi connectivity index (χ2v) is 5.11. The fourth-order valence-corrected chi connectivity index (χ4v) is 2.01. The van der Waals surface area contributed by atoms with Gasteiger partial charge in [-0.05, 0) is 6.42 Å². The summed E-state index contributed by atoms with van der Waals surface area (Å²) in [6.07, 6.45) is 13.6. The molecular formula is C16H34O3. The molecule has 0 saturated heterocycles. The molecule has 0 rings (SSSR count). The highest BCUT2D eigenvalue weighted by Gasteiger charge is 1.93. The largest absolute Gasteiger partial charge is 0.382 e. The average molecular weight is 274 g/mol. The van der Waals surface area contributed by atoms with Crippen molar-refractivity contribution in [3.8, 4) is 0 Å². The molecule has 0 atom stereocenters. The molecule has 19 heavy (non-hydrogen) atoms. The maximum Gasteiger partial charge on any atom is 0.146 e. The average Bonchev–Trinajstić information content (AvgIpc) is 2.43. The second kappa shape index (κ2) is 17.9. The van der Waals surface area contributed by atoms with E-state index >= 15 is 0 Å². The van der Waals surface area contributed by atoms with Gasteiger partial charge in [-0.15, -0.1) is 0 Å². The van der Waals surface area contributed by atoms with Crippen LogP contribution in [0.2, 0.25) is 0 Å². The lowest BCUT2D eigenvalue weighted by molar-refractivity contribution is -0.0664. The van der Waals surface area contributed by atoms with Gasteiger partial charge in [0.15, 0.2) is 0 Å². The van der Waals surface area contributed by atoms with Gasteiger partial charge in [-0.2, -0.15) is 0 Å². The van der Waals surface area contributed by atoms with Gasteiger partial charge in [-0.3, -0.25) is 0 Å². The van der Waals surface area contributed by atoms with Gasteiger partial charge in [0.1, 0.15) is 6.79 Å². The predicted molar refractivity (Wildman–Crippen MR) is 80.5 cm³/mol. The van der Waals surface area contributed by atoms with Crippen molar-refractivity contribution in [2.75, 3.05) is 33.7 Å². The smallest absolute Gasteiger partial charge is 0.146 e. The van der Waals surface area contributed by atoms with E-state index in [-0.39, 0.29) is 0 Å². The SMILES string of the molecule is CCCCCCCCCCCCOCOCCOC. The second-order valence-electron chi connectivity index (χ2n) is 5.11. The van der Waals surface area contributed by atoms with E-state index in [9.17, 15) is 0 Å². The molecule has 0 aromatic carbocycles. The van der Waals surface area contributed by atoms with E-state index in [1.165, 1.54) is 57.8 Å². The maximum atomic E-state index is 5.37. The zero-order chi connectivity index (χ0) is 14.0. The van der Waals surface area contributed by atoms with Gasteiger partial charge in [0.2, 0.25) is 0 Å². The third kappa shape index (κ3) is 17.9. The van der Waals surface area contributed by atoms with E-state index in [1.807, 2.05) is 0 Å². The summed E-state index contributed by atoms with van der Waals surface area (Å²) in [5, 5.41) is 0. The van der Waals surface area contributed by atoms with Crippen molar-refractivity contribution in [3.63, 3.8) is 0 Å². The molecule has 0 fully saturated rings. The summed E-state index contributed by atoms with van der Waals surface area (Å²) >= 11 is 0. The molecule has 0 aliphatic rings. The highest BCUT2D eigenvalue weighted by atomic mass is 16.7. The van der Waals surface area contributed by atoms with Gasteiger partial charge >= 0.3 is 0 Å². The first kappa shape index (κ1) is 18.9. The van der Waals surface area contributed by atoms with Gasteiger partial charge in [0.25, 0.3) is 0 Å². The Morgan fingerprint density at radius 1 is 0.579 bits per heavy atom. The van der Waals surface area contributed by atoms with Crippen LogP contribution in [0.5, 0.6) is 0 Å². The Morgan fingerprint density at radius 2 is 1.11 bits per heavy atom. The Bertz CT molecular complexity index is 135. The number of rotatable bonds is 16. The first-order valence-corrected chi connectivity index (χ1v) is 8.06. The molecule has 0 aromatic rings. The fraction of sp³-hybridized carbons (Fsp3) is 1.00. The van der Waals surface area contributed by atoms with Crippen molar-refractivity contribution in [2.24, 2.45) is 0 Å². The molecule has 3 nitrogen and oxygen atoms in total. The molecule has 0 bridgehead atoms. The minimum absolute atomic E-state index is 0.404. The summed E-state index contributed by atoms with van der Waals surface area (Å²) in [5.41, 5.74) is 0. The van der Waals surface area contributed by atoms with Crippen molar-refractivity contribution in [3.05, 3.63) is 0 Å². The van der Waals surface area contributed by atoms with Crippen LogP contribution in [0.1, 0.15) is 71.1 Å². The molecule has 0 N–H and O–H groups in total. The highest BCUT2D eigenvalue weighted by molar-refractivity contribution is 4.47. The van der Waals surface area contributed by atoms with Crippen LogP contribution in [-0.4, -0.2) is 33.7 Å². The first-order valence-electron chi connectivity index (χ1n) is 8.06. The fourth-order valence-electron chi connectivity index (χ4n) is 2.01. The molecule has 0 heterocycles. The van der Waals surface area contributed by atoms with Gasteiger partial charge in [0.05, 0.1) is 13.2 Å². The Balaban J connectivity index is 2.88. The third-order valence-electron chi connectivity index (χ3n) is 3.24. The Kier molecular flexibility index (Phi) is 17.8. The summed E-state index contributed by atoms with van der Waals surface area (Å²) in [6, 6.07) is 0. The monoisotopic (exact) mass is 274 g/mol. The summed E-state index contributed by atoms with van der Waals surface area (Å²) in [5.74, 6) is 0. The highest BCUT2D eigenvalue weighted by Crippen LogP contribution is 2.10. The normalized spacial score (nSPS) is 11.1. The Labute approximate surface area is 120 Å². The van der Waals surface area contributed by atoms with Crippen LogP contribution in [0.3, 0.4) is 0 Å². The lowest BCUT2D eigenvalue weighted by atomic mass is 10.1. The van der Waals surface area contributed by atoms with Crippen molar-refractivity contribution >= 4 is 0 Å². The van der Waals surface area contributed by atoms with Crippen molar-refractivity contribution in [2.45, 2.75) is 71.1 Å². The lowest BCUT2D eigenvalue weighted by Crippen LogP contribution is -2.06. The Hall–Kier alpha value is -0.120. The molecule has 0 aromatic heterocycles. The molecule has 0 unspecified atom stereocenters. The van der Waals surface area contributed by atoms with E-state index < -0.39 is 0 Å². The molecule has 3 heteroatoms. The van der Waals surface area contributed by atoms with E-state index in [1.54, 1.807) is 7.11 Å². The lowest BCUT2D eigenvalue weighted by Gasteiger charge is -2.05. The zero-order valence-corrected chi connectivity index (χ0v) is 13.1. The Morgan fingerprint density at radius 3 is 1.68 bits per heavy atom. The van der Waals surface area contributed by atoms with Gasteiger partial charge in [0, 0.05) is 13.7 Å². The van der Waals surface area contributed by atoms with Crippen molar-refractivity contribution in [1.29, 1.82) is 0 Å². The molecule has 0 saturated carbocycles. The number of ether oxygens (including phenoxy) is 3. The first-order chi connectivity index (χ1) is 9.41. The molecule has 0 aliphatic carbocycles. The number of hydrogen-bond donors (Lipinski definition) is 0. The topological polar surface area (TPSA) is 27.7 Å². The van der Waals surface area contributed by atoms with Crippen LogP contribution in [0.15, 0.2) is 0 Å². The van der Waals surface area contributed by atoms with Crippen LogP contribution >= 0.6 is 0 Å². The van der Waals surface area contributed by atoms with Crippen molar-refractivity contribution < 1.29 is 14.2 Å². The molecule has 0 aliphatic heterocycles.